The molecule has 0 spiro atoms. The van der Waals surface area contributed by atoms with Crippen molar-refractivity contribution in [2.24, 2.45) is 5.73 Å². The van der Waals surface area contributed by atoms with Crippen molar-refractivity contribution in [1.29, 1.82) is 0 Å². The van der Waals surface area contributed by atoms with Crippen molar-refractivity contribution in [3.63, 3.8) is 0 Å². The molecule has 35 heavy (non-hydrogen) atoms. The van der Waals surface area contributed by atoms with E-state index < -0.39 is 47.9 Å². The van der Waals surface area contributed by atoms with E-state index in [-0.39, 0.29) is 23.9 Å². The number of alkyl carbamates (subject to hydrolysis) is 1. The number of amides is 4. The number of phenols is 1. The molecule has 0 aliphatic carbocycles. The fraction of sp³-hybridized carbons (Fsp3) is 0.600. The number of primary amides is 1. The van der Waals surface area contributed by atoms with Gasteiger partial charge in [0, 0.05) is 18.2 Å². The lowest BCUT2D eigenvalue weighted by Gasteiger charge is -2.35. The number of carbonyl (C=O) groups is 4. The molecule has 1 rings (SSSR count). The summed E-state index contributed by atoms with van der Waals surface area (Å²) in [5.41, 5.74) is 4.77. The van der Waals surface area contributed by atoms with Crippen LogP contribution in [0.2, 0.25) is 0 Å². The van der Waals surface area contributed by atoms with E-state index >= 15 is 0 Å². The number of hydrogen-bond acceptors (Lipinski definition) is 6. The number of aromatic hydroxyl groups is 1. The van der Waals surface area contributed by atoms with Crippen LogP contribution in [0.15, 0.2) is 24.3 Å². The molecule has 1 aromatic rings. The van der Waals surface area contributed by atoms with Crippen molar-refractivity contribution >= 4 is 23.8 Å². The zero-order valence-electron chi connectivity index (χ0n) is 21.6. The van der Waals surface area contributed by atoms with E-state index in [1.807, 2.05) is 6.92 Å². The molecule has 0 bridgehead atoms. The lowest BCUT2D eigenvalue weighted by atomic mass is 10.00. The molecule has 2 unspecified atom stereocenters. The normalized spacial score (nSPS) is 13.0. The third-order valence-corrected chi connectivity index (χ3v) is 4.90. The Kier molecular flexibility index (Phi) is 11.5. The SMILES string of the molecule is CCCCCN(C(=O)C(CC(N)=O)NC(=O)OC(C)(C)C)C(C(=O)NC(C)C)c1ccccc1O. The van der Waals surface area contributed by atoms with E-state index in [9.17, 15) is 24.3 Å². The summed E-state index contributed by atoms with van der Waals surface area (Å²) in [5.74, 6) is -2.14. The standard InChI is InChI=1S/C25H40N4O6/c1-7-8-11-14-29(21(22(32)27-16(2)3)17-12-9-10-13-19(17)30)23(33)18(15-20(26)31)28-24(34)35-25(4,5)6/h9-10,12-13,16,18,21,30H,7-8,11,14-15H2,1-6H3,(H2,26,31)(H,27,32)(H,28,34). The molecular formula is C25H40N4O6. The number of nitrogens with two attached hydrogens (primary N) is 1. The highest BCUT2D eigenvalue weighted by atomic mass is 16.6. The first kappa shape index (κ1) is 29.7. The lowest BCUT2D eigenvalue weighted by Crippen LogP contribution is -2.54. The van der Waals surface area contributed by atoms with Gasteiger partial charge in [-0.2, -0.15) is 0 Å². The van der Waals surface area contributed by atoms with Gasteiger partial charge in [0.2, 0.25) is 17.7 Å². The maximum absolute atomic E-state index is 13.8. The molecular weight excluding hydrogens is 452 g/mol. The van der Waals surface area contributed by atoms with Gasteiger partial charge >= 0.3 is 6.09 Å². The van der Waals surface area contributed by atoms with Crippen LogP contribution in [0, 0.1) is 0 Å². The molecule has 196 valence electrons. The first-order chi connectivity index (χ1) is 16.3. The summed E-state index contributed by atoms with van der Waals surface area (Å²) in [7, 11) is 0. The number of phenolic OH excluding ortho intramolecular Hbond substituents is 1. The van der Waals surface area contributed by atoms with Gasteiger partial charge in [0.25, 0.3) is 0 Å². The summed E-state index contributed by atoms with van der Waals surface area (Å²) in [6.07, 6.45) is 0.834. The van der Waals surface area contributed by atoms with Crippen molar-refractivity contribution in [1.82, 2.24) is 15.5 Å². The van der Waals surface area contributed by atoms with Crippen LogP contribution in [-0.4, -0.2) is 58.1 Å². The second-order valence-corrected chi connectivity index (χ2v) is 9.73. The van der Waals surface area contributed by atoms with E-state index in [0.29, 0.717) is 6.42 Å². The largest absolute Gasteiger partial charge is 0.508 e. The van der Waals surface area contributed by atoms with Gasteiger partial charge in [-0.05, 0) is 47.1 Å². The molecule has 0 aliphatic heterocycles. The maximum Gasteiger partial charge on any atom is 0.408 e. The molecule has 0 aromatic heterocycles. The van der Waals surface area contributed by atoms with Crippen molar-refractivity contribution < 1.29 is 29.0 Å². The molecule has 4 amide bonds. The van der Waals surface area contributed by atoms with Crippen molar-refractivity contribution in [3.05, 3.63) is 29.8 Å². The molecule has 0 aliphatic rings. The number of rotatable bonds is 12. The van der Waals surface area contributed by atoms with E-state index in [1.165, 1.54) is 11.0 Å². The van der Waals surface area contributed by atoms with E-state index in [2.05, 4.69) is 10.6 Å². The van der Waals surface area contributed by atoms with Crippen LogP contribution in [0.3, 0.4) is 0 Å². The number of para-hydroxylation sites is 1. The van der Waals surface area contributed by atoms with Crippen LogP contribution in [0.5, 0.6) is 5.75 Å². The summed E-state index contributed by atoms with van der Waals surface area (Å²) in [4.78, 5) is 52.6. The first-order valence-electron chi connectivity index (χ1n) is 11.9. The Morgan fingerprint density at radius 3 is 2.23 bits per heavy atom. The van der Waals surface area contributed by atoms with Crippen LogP contribution in [-0.2, 0) is 19.1 Å². The predicted molar refractivity (Wildman–Crippen MR) is 132 cm³/mol. The zero-order chi connectivity index (χ0) is 26.8. The summed E-state index contributed by atoms with van der Waals surface area (Å²) in [6, 6.07) is 3.47. The molecule has 10 nitrogen and oxygen atoms in total. The Labute approximate surface area is 207 Å². The Morgan fingerprint density at radius 2 is 1.71 bits per heavy atom. The summed E-state index contributed by atoms with van der Waals surface area (Å²) in [5, 5.41) is 15.8. The summed E-state index contributed by atoms with van der Waals surface area (Å²) >= 11 is 0. The Bertz CT molecular complexity index is 881. The minimum atomic E-state index is -1.36. The Morgan fingerprint density at radius 1 is 1.09 bits per heavy atom. The minimum Gasteiger partial charge on any atom is -0.508 e. The molecule has 0 saturated heterocycles. The van der Waals surface area contributed by atoms with Gasteiger partial charge < -0.3 is 31.1 Å². The van der Waals surface area contributed by atoms with Crippen LogP contribution >= 0.6 is 0 Å². The van der Waals surface area contributed by atoms with Crippen LogP contribution in [0.4, 0.5) is 4.79 Å². The van der Waals surface area contributed by atoms with Gasteiger partial charge in [-0.3, -0.25) is 14.4 Å². The lowest BCUT2D eigenvalue weighted by molar-refractivity contribution is -0.143. The molecule has 0 heterocycles. The maximum atomic E-state index is 13.8. The molecule has 5 N–H and O–H groups in total. The highest BCUT2D eigenvalue weighted by Crippen LogP contribution is 2.30. The zero-order valence-corrected chi connectivity index (χ0v) is 21.6. The molecule has 2 atom stereocenters. The highest BCUT2D eigenvalue weighted by Gasteiger charge is 2.37. The number of carbonyl (C=O) groups excluding carboxylic acids is 4. The predicted octanol–water partition coefficient (Wildman–Crippen LogP) is 2.75. The molecule has 10 heteroatoms. The number of nitrogens with one attached hydrogen (secondary N) is 2. The number of unbranched alkanes of at least 4 members (excludes halogenated alkanes) is 2. The first-order valence-corrected chi connectivity index (χ1v) is 11.9. The van der Waals surface area contributed by atoms with Crippen LogP contribution < -0.4 is 16.4 Å². The Hall–Kier alpha value is -3.30. The van der Waals surface area contributed by atoms with Crippen molar-refractivity contribution in [3.8, 4) is 5.75 Å². The van der Waals surface area contributed by atoms with E-state index in [0.717, 1.165) is 12.8 Å². The van der Waals surface area contributed by atoms with Crippen molar-refractivity contribution in [2.45, 2.75) is 91.0 Å². The fourth-order valence-corrected chi connectivity index (χ4v) is 3.48. The Balaban J connectivity index is 3.49. The van der Waals surface area contributed by atoms with E-state index in [1.54, 1.807) is 52.8 Å². The molecule has 0 radical (unpaired) electrons. The number of nitrogens with zero attached hydrogens (tertiary/aromatic N) is 1. The molecule has 0 fully saturated rings. The quantitative estimate of drug-likeness (QED) is 0.329. The molecule has 0 saturated carbocycles. The van der Waals surface area contributed by atoms with Gasteiger partial charge in [-0.25, -0.2) is 4.79 Å². The third kappa shape index (κ3) is 10.2. The van der Waals surface area contributed by atoms with Crippen LogP contribution in [0.1, 0.15) is 78.8 Å². The van der Waals surface area contributed by atoms with Gasteiger partial charge in [0.1, 0.15) is 23.4 Å². The van der Waals surface area contributed by atoms with Crippen LogP contribution in [0.25, 0.3) is 0 Å². The highest BCUT2D eigenvalue weighted by molar-refractivity contribution is 5.94. The summed E-state index contributed by atoms with van der Waals surface area (Å²) < 4.78 is 5.25. The number of ether oxygens (including phenoxy) is 1. The smallest absolute Gasteiger partial charge is 0.408 e. The summed E-state index contributed by atoms with van der Waals surface area (Å²) in [6.45, 7) is 10.7. The number of benzene rings is 1. The average Bonchev–Trinajstić information content (AvgIpc) is 2.71. The van der Waals surface area contributed by atoms with Gasteiger partial charge in [-0.1, -0.05) is 38.0 Å². The van der Waals surface area contributed by atoms with Gasteiger partial charge in [-0.15, -0.1) is 0 Å². The number of hydrogen-bond donors (Lipinski definition) is 4. The average molecular weight is 493 g/mol. The molecule has 1 aromatic carbocycles. The second kappa shape index (κ2) is 13.6. The van der Waals surface area contributed by atoms with Gasteiger partial charge in [0.05, 0.1) is 6.42 Å². The van der Waals surface area contributed by atoms with E-state index in [4.69, 9.17) is 10.5 Å². The topological polar surface area (TPSA) is 151 Å². The third-order valence-electron chi connectivity index (χ3n) is 4.90. The second-order valence-electron chi connectivity index (χ2n) is 9.73. The van der Waals surface area contributed by atoms with Gasteiger partial charge in [0.15, 0.2) is 0 Å². The minimum absolute atomic E-state index is 0.155. The monoisotopic (exact) mass is 492 g/mol. The fourth-order valence-electron chi connectivity index (χ4n) is 3.48. The van der Waals surface area contributed by atoms with Crippen molar-refractivity contribution in [2.75, 3.05) is 6.54 Å².